The van der Waals surface area contributed by atoms with Gasteiger partial charge in [0, 0.05) is 5.92 Å². The second-order valence-electron chi connectivity index (χ2n) is 4.76. The van der Waals surface area contributed by atoms with E-state index >= 15 is 0 Å². The van der Waals surface area contributed by atoms with Gasteiger partial charge < -0.3 is 10.2 Å². The summed E-state index contributed by atoms with van der Waals surface area (Å²) in [4.78, 5) is -0.515. The van der Waals surface area contributed by atoms with Crippen LogP contribution in [0.4, 0.5) is 0 Å². The monoisotopic (exact) mass is 308 g/mol. The largest absolute Gasteiger partial charge is 0.508 e. The zero-order chi connectivity index (χ0) is 15.6. The highest BCUT2D eigenvalue weighted by molar-refractivity contribution is 7.86. The first kappa shape index (κ1) is 15.3. The standard InChI is InChI=1S/C15H16O5S/c1-2-13(10-4-3-5-12(16)8-10)11-6-7-14(17)15(9-11)21(18,19)20/h3-9,13,16-17H,2H2,1H3,(H,18,19,20). The molecule has 6 heteroatoms. The number of hydrogen-bond donors (Lipinski definition) is 3. The van der Waals surface area contributed by atoms with Crippen molar-refractivity contribution in [1.29, 1.82) is 0 Å². The smallest absolute Gasteiger partial charge is 0.298 e. The van der Waals surface area contributed by atoms with Crippen LogP contribution in [0.2, 0.25) is 0 Å². The van der Waals surface area contributed by atoms with Gasteiger partial charge in [0.1, 0.15) is 16.4 Å². The van der Waals surface area contributed by atoms with E-state index in [1.54, 1.807) is 24.3 Å². The third kappa shape index (κ3) is 3.34. The molecule has 2 aromatic rings. The Morgan fingerprint density at radius 1 is 1.05 bits per heavy atom. The Balaban J connectivity index is 2.54. The van der Waals surface area contributed by atoms with Gasteiger partial charge in [-0.2, -0.15) is 8.42 Å². The third-order valence-electron chi connectivity index (χ3n) is 3.34. The summed E-state index contributed by atoms with van der Waals surface area (Å²) in [7, 11) is -4.49. The first-order valence-corrected chi connectivity index (χ1v) is 7.86. The van der Waals surface area contributed by atoms with Gasteiger partial charge in [-0.3, -0.25) is 4.55 Å². The summed E-state index contributed by atoms with van der Waals surface area (Å²) < 4.78 is 31.7. The van der Waals surface area contributed by atoms with E-state index in [1.807, 2.05) is 13.0 Å². The van der Waals surface area contributed by atoms with Crippen LogP contribution >= 0.6 is 0 Å². The summed E-state index contributed by atoms with van der Waals surface area (Å²) in [6.07, 6.45) is 0.666. The van der Waals surface area contributed by atoms with Gasteiger partial charge in [-0.15, -0.1) is 0 Å². The molecular weight excluding hydrogens is 292 g/mol. The van der Waals surface area contributed by atoms with Gasteiger partial charge in [-0.25, -0.2) is 0 Å². The van der Waals surface area contributed by atoms with Crippen molar-refractivity contribution in [1.82, 2.24) is 0 Å². The van der Waals surface area contributed by atoms with Crippen LogP contribution in [-0.4, -0.2) is 23.2 Å². The van der Waals surface area contributed by atoms with E-state index in [0.29, 0.717) is 12.0 Å². The Morgan fingerprint density at radius 3 is 2.29 bits per heavy atom. The van der Waals surface area contributed by atoms with Crippen molar-refractivity contribution in [2.45, 2.75) is 24.2 Å². The molecule has 2 rings (SSSR count). The Morgan fingerprint density at radius 2 is 1.71 bits per heavy atom. The van der Waals surface area contributed by atoms with Gasteiger partial charge in [0.2, 0.25) is 0 Å². The predicted octanol–water partition coefficient (Wildman–Crippen LogP) is 2.89. The van der Waals surface area contributed by atoms with Gasteiger partial charge >= 0.3 is 0 Å². The highest BCUT2D eigenvalue weighted by atomic mass is 32.2. The number of phenols is 2. The zero-order valence-corrected chi connectivity index (χ0v) is 12.2. The van der Waals surface area contributed by atoms with Crippen LogP contribution in [0, 0.1) is 0 Å². The Hall–Kier alpha value is -2.05. The van der Waals surface area contributed by atoms with E-state index in [1.165, 1.54) is 12.1 Å². The van der Waals surface area contributed by atoms with E-state index in [2.05, 4.69) is 0 Å². The lowest BCUT2D eigenvalue weighted by atomic mass is 9.89. The molecule has 1 unspecified atom stereocenters. The highest BCUT2D eigenvalue weighted by Gasteiger charge is 2.20. The topological polar surface area (TPSA) is 94.8 Å². The Bertz CT molecular complexity index is 752. The number of phenolic OH excluding ortho intramolecular Hbond substituents is 2. The molecule has 3 N–H and O–H groups in total. The van der Waals surface area contributed by atoms with Crippen LogP contribution in [0.1, 0.15) is 30.4 Å². The Labute approximate surface area is 123 Å². The Kier molecular flexibility index (Phi) is 4.20. The summed E-state index contributed by atoms with van der Waals surface area (Å²) in [5, 5.41) is 19.1. The van der Waals surface area contributed by atoms with Crippen molar-refractivity contribution in [2.24, 2.45) is 0 Å². The number of benzene rings is 2. The van der Waals surface area contributed by atoms with E-state index in [9.17, 15) is 18.6 Å². The molecule has 0 bridgehead atoms. The second kappa shape index (κ2) is 5.75. The molecule has 2 aromatic carbocycles. The first-order chi connectivity index (χ1) is 9.82. The summed E-state index contributed by atoms with van der Waals surface area (Å²) in [6.45, 7) is 1.93. The van der Waals surface area contributed by atoms with Crippen LogP contribution in [0.15, 0.2) is 47.4 Å². The molecule has 0 aromatic heterocycles. The van der Waals surface area contributed by atoms with Gasteiger partial charge in [0.25, 0.3) is 10.1 Å². The molecular formula is C15H16O5S. The quantitative estimate of drug-likeness (QED) is 0.755. The van der Waals surface area contributed by atoms with Crippen LogP contribution in [0.5, 0.6) is 11.5 Å². The molecule has 1 atom stereocenters. The molecule has 0 saturated carbocycles. The predicted molar refractivity (Wildman–Crippen MR) is 78.2 cm³/mol. The fourth-order valence-electron chi connectivity index (χ4n) is 2.36. The second-order valence-corrected chi connectivity index (χ2v) is 6.15. The van der Waals surface area contributed by atoms with Gasteiger partial charge in [-0.05, 0) is 41.8 Å². The molecule has 112 valence electrons. The van der Waals surface area contributed by atoms with Gasteiger partial charge in [0.15, 0.2) is 0 Å². The van der Waals surface area contributed by atoms with Gasteiger partial charge in [-0.1, -0.05) is 25.1 Å². The molecule has 0 saturated heterocycles. The molecule has 0 aliphatic rings. The van der Waals surface area contributed by atoms with Crippen LogP contribution in [0.3, 0.4) is 0 Å². The molecule has 0 aliphatic carbocycles. The average molecular weight is 308 g/mol. The highest BCUT2D eigenvalue weighted by Crippen LogP contribution is 2.33. The molecule has 5 nitrogen and oxygen atoms in total. The lowest BCUT2D eigenvalue weighted by Gasteiger charge is -2.17. The molecule has 0 amide bonds. The zero-order valence-electron chi connectivity index (χ0n) is 11.4. The molecule has 0 radical (unpaired) electrons. The number of rotatable bonds is 4. The average Bonchev–Trinajstić information content (AvgIpc) is 2.40. The third-order valence-corrected chi connectivity index (χ3v) is 4.23. The maximum Gasteiger partial charge on any atom is 0.298 e. The normalized spacial score (nSPS) is 13.0. The minimum atomic E-state index is -4.49. The van der Waals surface area contributed by atoms with Gasteiger partial charge in [0.05, 0.1) is 0 Å². The van der Waals surface area contributed by atoms with Crippen molar-refractivity contribution in [3.63, 3.8) is 0 Å². The molecule has 21 heavy (non-hydrogen) atoms. The molecule has 0 heterocycles. The number of hydrogen-bond acceptors (Lipinski definition) is 4. The maximum absolute atomic E-state index is 11.3. The number of aromatic hydroxyl groups is 2. The fraction of sp³-hybridized carbons (Fsp3) is 0.200. The van der Waals surface area contributed by atoms with Crippen LogP contribution in [0.25, 0.3) is 0 Å². The molecule has 0 fully saturated rings. The van der Waals surface area contributed by atoms with Crippen molar-refractivity contribution in [2.75, 3.05) is 0 Å². The maximum atomic E-state index is 11.3. The first-order valence-electron chi connectivity index (χ1n) is 6.42. The lowest BCUT2D eigenvalue weighted by molar-refractivity contribution is 0.442. The van der Waals surface area contributed by atoms with Crippen molar-refractivity contribution in [3.05, 3.63) is 53.6 Å². The SMILES string of the molecule is CCC(c1cccc(O)c1)c1ccc(O)c(S(=O)(=O)O)c1. The summed E-state index contributed by atoms with van der Waals surface area (Å²) >= 11 is 0. The summed E-state index contributed by atoms with van der Waals surface area (Å²) in [6, 6.07) is 10.8. The summed E-state index contributed by atoms with van der Waals surface area (Å²) in [5.41, 5.74) is 1.46. The van der Waals surface area contributed by atoms with E-state index in [4.69, 9.17) is 4.55 Å². The minimum absolute atomic E-state index is 0.125. The molecule has 0 aliphatic heterocycles. The van der Waals surface area contributed by atoms with Crippen LogP contribution < -0.4 is 0 Å². The van der Waals surface area contributed by atoms with E-state index in [-0.39, 0.29) is 11.7 Å². The van der Waals surface area contributed by atoms with E-state index < -0.39 is 20.8 Å². The van der Waals surface area contributed by atoms with Crippen molar-refractivity contribution >= 4 is 10.1 Å². The summed E-state index contributed by atoms with van der Waals surface area (Å²) in [5.74, 6) is -0.523. The van der Waals surface area contributed by atoms with Crippen LogP contribution in [-0.2, 0) is 10.1 Å². The lowest BCUT2D eigenvalue weighted by Crippen LogP contribution is -2.04. The van der Waals surface area contributed by atoms with E-state index in [0.717, 1.165) is 5.56 Å². The minimum Gasteiger partial charge on any atom is -0.508 e. The van der Waals surface area contributed by atoms with Crippen molar-refractivity contribution < 1.29 is 23.2 Å². The van der Waals surface area contributed by atoms with Crippen molar-refractivity contribution in [3.8, 4) is 11.5 Å². The molecule has 0 spiro atoms. The fourth-order valence-corrected chi connectivity index (χ4v) is 2.98.